The number of carboxylic acids is 1. The summed E-state index contributed by atoms with van der Waals surface area (Å²) in [7, 11) is 1.59. The van der Waals surface area contributed by atoms with E-state index in [-0.39, 0.29) is 12.2 Å². The summed E-state index contributed by atoms with van der Waals surface area (Å²) in [5, 5.41) is 9.63. The molecule has 0 spiro atoms. The van der Waals surface area contributed by atoms with Crippen LogP contribution in [0.5, 0.6) is 17.2 Å². The van der Waals surface area contributed by atoms with Gasteiger partial charge in [0.25, 0.3) is 0 Å². The summed E-state index contributed by atoms with van der Waals surface area (Å²) in [5.41, 5.74) is 2.70. The molecule has 1 N–H and O–H groups in total. The number of methoxy groups -OCH3 is 1. The zero-order chi connectivity index (χ0) is 23.0. The third kappa shape index (κ3) is 5.49. The molecule has 0 saturated carbocycles. The first-order chi connectivity index (χ1) is 16.1. The first-order valence-corrected chi connectivity index (χ1v) is 10.4. The number of hydrogen-bond acceptors (Lipinski definition) is 5. The van der Waals surface area contributed by atoms with Crippen LogP contribution in [0.3, 0.4) is 0 Å². The van der Waals surface area contributed by atoms with Crippen LogP contribution in [0.4, 0.5) is 0 Å². The van der Waals surface area contributed by atoms with Crippen molar-refractivity contribution in [2.45, 2.75) is 13.2 Å². The molecule has 0 aliphatic heterocycles. The van der Waals surface area contributed by atoms with Gasteiger partial charge in [-0.05, 0) is 48.0 Å². The second kappa shape index (κ2) is 10.3. The van der Waals surface area contributed by atoms with Crippen LogP contribution in [0.25, 0.3) is 11.3 Å². The van der Waals surface area contributed by atoms with Crippen LogP contribution in [-0.2, 0) is 13.2 Å². The molecule has 0 aliphatic rings. The van der Waals surface area contributed by atoms with E-state index in [0.29, 0.717) is 40.8 Å². The van der Waals surface area contributed by atoms with E-state index in [0.717, 1.165) is 5.56 Å². The van der Waals surface area contributed by atoms with Crippen molar-refractivity contribution in [2.75, 3.05) is 7.11 Å². The van der Waals surface area contributed by atoms with Gasteiger partial charge in [0.1, 0.15) is 30.5 Å². The Morgan fingerprint density at radius 3 is 2.24 bits per heavy atom. The molecule has 0 radical (unpaired) electrons. The zero-order valence-corrected chi connectivity index (χ0v) is 18.1. The molecular weight excluding hydrogens is 418 g/mol. The van der Waals surface area contributed by atoms with Gasteiger partial charge in [0.2, 0.25) is 0 Å². The van der Waals surface area contributed by atoms with Crippen molar-refractivity contribution in [3.63, 3.8) is 0 Å². The molecule has 3 aromatic carbocycles. The molecule has 166 valence electrons. The number of aromatic carboxylic acids is 1. The SMILES string of the molecule is COc1ccc(OCc2ccccc2)c(-c2ccc(C(=O)O)c(COc3ccccc3)n2)c1. The predicted octanol–water partition coefficient (Wildman–Crippen LogP) is 5.61. The molecule has 6 heteroatoms. The van der Waals surface area contributed by atoms with E-state index in [1.165, 1.54) is 6.07 Å². The molecule has 0 atom stereocenters. The molecular formula is C27H23NO5. The van der Waals surface area contributed by atoms with Crippen molar-refractivity contribution < 1.29 is 24.1 Å². The smallest absolute Gasteiger partial charge is 0.337 e. The maximum Gasteiger partial charge on any atom is 0.337 e. The van der Waals surface area contributed by atoms with E-state index in [1.807, 2.05) is 78.9 Å². The zero-order valence-electron chi connectivity index (χ0n) is 18.1. The highest BCUT2D eigenvalue weighted by Crippen LogP contribution is 2.34. The molecule has 0 amide bonds. The minimum Gasteiger partial charge on any atom is -0.497 e. The molecule has 6 nitrogen and oxygen atoms in total. The molecule has 4 aromatic rings. The van der Waals surface area contributed by atoms with Crippen molar-refractivity contribution in [3.05, 3.63) is 108 Å². The summed E-state index contributed by atoms with van der Waals surface area (Å²) in [6.07, 6.45) is 0. The fraction of sp³-hybridized carbons (Fsp3) is 0.111. The standard InChI is InChI=1S/C27H23NO5/c1-31-21-12-15-26(33-17-19-8-4-2-5-9-19)23(16-21)24-14-13-22(27(29)30)25(28-24)18-32-20-10-6-3-7-11-20/h2-16H,17-18H2,1H3,(H,29,30). The van der Waals surface area contributed by atoms with Gasteiger partial charge < -0.3 is 19.3 Å². The third-order valence-electron chi connectivity index (χ3n) is 5.02. The second-order valence-electron chi connectivity index (χ2n) is 7.23. The summed E-state index contributed by atoms with van der Waals surface area (Å²) in [6, 6.07) is 27.7. The second-order valence-corrected chi connectivity index (χ2v) is 7.23. The number of nitrogens with zero attached hydrogens (tertiary/aromatic N) is 1. The molecule has 0 bridgehead atoms. The molecule has 33 heavy (non-hydrogen) atoms. The maximum absolute atomic E-state index is 11.8. The highest BCUT2D eigenvalue weighted by atomic mass is 16.5. The first-order valence-electron chi connectivity index (χ1n) is 10.4. The van der Waals surface area contributed by atoms with Crippen molar-refractivity contribution >= 4 is 5.97 Å². The van der Waals surface area contributed by atoms with Crippen molar-refractivity contribution in [1.82, 2.24) is 4.98 Å². The highest BCUT2D eigenvalue weighted by Gasteiger charge is 2.17. The number of carbonyl (C=O) groups is 1. The molecule has 0 aliphatic carbocycles. The number of aromatic nitrogens is 1. The quantitative estimate of drug-likeness (QED) is 0.364. The molecule has 1 aromatic heterocycles. The van der Waals surface area contributed by atoms with Crippen LogP contribution in [0.2, 0.25) is 0 Å². The largest absolute Gasteiger partial charge is 0.497 e. The predicted molar refractivity (Wildman–Crippen MR) is 125 cm³/mol. The van der Waals surface area contributed by atoms with E-state index in [9.17, 15) is 9.90 Å². The van der Waals surface area contributed by atoms with Crippen LogP contribution in [0, 0.1) is 0 Å². The Morgan fingerprint density at radius 1 is 0.818 bits per heavy atom. The van der Waals surface area contributed by atoms with Gasteiger partial charge in [-0.1, -0.05) is 48.5 Å². The lowest BCUT2D eigenvalue weighted by molar-refractivity contribution is 0.0693. The average Bonchev–Trinajstić information content (AvgIpc) is 2.87. The molecule has 0 unspecified atom stereocenters. The van der Waals surface area contributed by atoms with Gasteiger partial charge in [-0.3, -0.25) is 0 Å². The third-order valence-corrected chi connectivity index (χ3v) is 5.02. The van der Waals surface area contributed by atoms with Crippen LogP contribution >= 0.6 is 0 Å². The topological polar surface area (TPSA) is 77.9 Å². The van der Waals surface area contributed by atoms with Crippen LogP contribution < -0.4 is 14.2 Å². The first kappa shape index (κ1) is 21.9. The van der Waals surface area contributed by atoms with E-state index in [2.05, 4.69) is 4.98 Å². The molecule has 0 fully saturated rings. The molecule has 4 rings (SSSR count). The fourth-order valence-electron chi connectivity index (χ4n) is 3.32. The van der Waals surface area contributed by atoms with E-state index in [4.69, 9.17) is 14.2 Å². The number of para-hydroxylation sites is 1. The number of benzene rings is 3. The van der Waals surface area contributed by atoms with Gasteiger partial charge in [0.05, 0.1) is 24.1 Å². The number of hydrogen-bond donors (Lipinski definition) is 1. The Kier molecular flexibility index (Phi) is 6.85. The van der Waals surface area contributed by atoms with Gasteiger partial charge in [0, 0.05) is 5.56 Å². The lowest BCUT2D eigenvalue weighted by atomic mass is 10.1. The Bertz CT molecular complexity index is 1230. The minimum absolute atomic E-state index is 0.0175. The number of carboxylic acid groups (broad SMARTS) is 1. The highest BCUT2D eigenvalue weighted by molar-refractivity contribution is 5.89. The average molecular weight is 441 g/mol. The summed E-state index contributed by atoms with van der Waals surface area (Å²) in [6.45, 7) is 0.404. The van der Waals surface area contributed by atoms with E-state index >= 15 is 0 Å². The maximum atomic E-state index is 11.8. The van der Waals surface area contributed by atoms with Gasteiger partial charge in [-0.25, -0.2) is 9.78 Å². The van der Waals surface area contributed by atoms with Crippen molar-refractivity contribution in [1.29, 1.82) is 0 Å². The molecule has 1 heterocycles. The summed E-state index contributed by atoms with van der Waals surface area (Å²) < 4.78 is 17.2. The number of pyridine rings is 1. The number of ether oxygens (including phenoxy) is 3. The minimum atomic E-state index is -1.06. The lowest BCUT2D eigenvalue weighted by Gasteiger charge is -2.15. The van der Waals surface area contributed by atoms with Gasteiger partial charge in [-0.15, -0.1) is 0 Å². The molecule has 0 saturated heterocycles. The van der Waals surface area contributed by atoms with Crippen molar-refractivity contribution in [3.8, 4) is 28.5 Å². The van der Waals surface area contributed by atoms with Gasteiger partial charge in [0.15, 0.2) is 0 Å². The van der Waals surface area contributed by atoms with Gasteiger partial charge >= 0.3 is 5.97 Å². The van der Waals surface area contributed by atoms with Crippen LogP contribution in [0.15, 0.2) is 91.0 Å². The van der Waals surface area contributed by atoms with Crippen molar-refractivity contribution in [2.24, 2.45) is 0 Å². The Hall–Kier alpha value is -4.32. The Morgan fingerprint density at radius 2 is 1.55 bits per heavy atom. The lowest BCUT2D eigenvalue weighted by Crippen LogP contribution is -2.09. The summed E-state index contributed by atoms with van der Waals surface area (Å²) >= 11 is 0. The number of rotatable bonds is 9. The monoisotopic (exact) mass is 441 g/mol. The van der Waals surface area contributed by atoms with Gasteiger partial charge in [-0.2, -0.15) is 0 Å². The normalized spacial score (nSPS) is 10.5. The van der Waals surface area contributed by atoms with E-state index in [1.54, 1.807) is 13.2 Å². The summed E-state index contributed by atoms with van der Waals surface area (Å²) in [5.74, 6) is 0.828. The van der Waals surface area contributed by atoms with Crippen LogP contribution in [0.1, 0.15) is 21.6 Å². The summed E-state index contributed by atoms with van der Waals surface area (Å²) in [4.78, 5) is 16.4. The fourth-order valence-corrected chi connectivity index (χ4v) is 3.32. The van der Waals surface area contributed by atoms with Crippen LogP contribution in [-0.4, -0.2) is 23.2 Å². The van der Waals surface area contributed by atoms with E-state index < -0.39 is 5.97 Å². The Labute approximate surface area is 192 Å². The Balaban J connectivity index is 1.67.